The molecule has 4 heteroatoms. The zero-order valence-corrected chi connectivity index (χ0v) is 16.3. The molecule has 3 nitrogen and oxygen atoms in total. The number of halogens is 1. The Morgan fingerprint density at radius 2 is 1.80 bits per heavy atom. The van der Waals surface area contributed by atoms with Crippen molar-refractivity contribution in [3.63, 3.8) is 0 Å². The molecule has 0 aliphatic carbocycles. The minimum Gasteiger partial charge on any atom is -0.438 e. The molecule has 132 valence electrons. The van der Waals surface area contributed by atoms with E-state index in [1.807, 2.05) is 35.2 Å². The lowest BCUT2D eigenvalue weighted by molar-refractivity contribution is -0.0646. The van der Waals surface area contributed by atoms with Crippen molar-refractivity contribution in [3.05, 3.63) is 70.2 Å². The number of hydrogen-bond donors (Lipinski definition) is 0. The Balaban J connectivity index is 1.83. The molecule has 2 aromatic rings. The Bertz CT molecular complexity index is 716. The molecule has 2 aromatic carbocycles. The van der Waals surface area contributed by atoms with Gasteiger partial charge in [0.1, 0.15) is 5.60 Å². The number of ether oxygens (including phenoxy) is 1. The number of carbonyl (C=O) groups excluding carboxylic acids is 1. The summed E-state index contributed by atoms with van der Waals surface area (Å²) in [6.45, 7) is 4.90. The highest BCUT2D eigenvalue weighted by molar-refractivity contribution is 9.10. The largest absolute Gasteiger partial charge is 0.438 e. The van der Waals surface area contributed by atoms with Crippen molar-refractivity contribution in [1.29, 1.82) is 0 Å². The summed E-state index contributed by atoms with van der Waals surface area (Å²) < 4.78 is 7.07. The van der Waals surface area contributed by atoms with E-state index in [4.69, 9.17) is 4.74 Å². The fourth-order valence-corrected chi connectivity index (χ4v) is 3.94. The molecule has 0 radical (unpaired) electrons. The van der Waals surface area contributed by atoms with E-state index in [0.29, 0.717) is 6.54 Å². The second-order valence-electron chi connectivity index (χ2n) is 6.50. The lowest BCUT2D eigenvalue weighted by Crippen LogP contribution is -2.48. The molecule has 1 unspecified atom stereocenters. The van der Waals surface area contributed by atoms with Gasteiger partial charge in [-0.1, -0.05) is 72.2 Å². The molecule has 1 heterocycles. The van der Waals surface area contributed by atoms with Gasteiger partial charge in [-0.05, 0) is 36.1 Å². The van der Waals surface area contributed by atoms with Crippen molar-refractivity contribution in [2.75, 3.05) is 6.54 Å². The van der Waals surface area contributed by atoms with Crippen molar-refractivity contribution < 1.29 is 9.53 Å². The smallest absolute Gasteiger partial charge is 0.411 e. The van der Waals surface area contributed by atoms with Crippen LogP contribution >= 0.6 is 15.9 Å². The highest BCUT2D eigenvalue weighted by atomic mass is 79.9. The topological polar surface area (TPSA) is 29.5 Å². The summed E-state index contributed by atoms with van der Waals surface area (Å²) in [6.07, 6.45) is 2.24. The van der Waals surface area contributed by atoms with Crippen LogP contribution in [-0.2, 0) is 10.3 Å². The predicted octanol–water partition coefficient (Wildman–Crippen LogP) is 6.05. The molecule has 1 aliphatic rings. The molecular formula is C21H24BrNO2. The third-order valence-corrected chi connectivity index (χ3v) is 5.69. The van der Waals surface area contributed by atoms with Gasteiger partial charge in [0, 0.05) is 17.4 Å². The lowest BCUT2D eigenvalue weighted by atomic mass is 9.86. The maximum absolute atomic E-state index is 12.9. The molecule has 2 atom stereocenters. The summed E-state index contributed by atoms with van der Waals surface area (Å²) in [5.74, 6) is 0. The van der Waals surface area contributed by atoms with Crippen molar-refractivity contribution in [2.24, 2.45) is 0 Å². The standard InChI is InChI=1S/C21H24BrNO2/c1-3-19(16-10-12-18(22)13-11-16)23-15-14-21(4-2,25-20(23)24)17-8-6-5-7-9-17/h5-13,19H,3-4,14-15H2,1-2H3/t19-,21?/m0/s1. The van der Waals surface area contributed by atoms with E-state index in [1.165, 1.54) is 0 Å². The van der Waals surface area contributed by atoms with Crippen LogP contribution in [0.1, 0.15) is 50.3 Å². The number of amides is 1. The fourth-order valence-electron chi connectivity index (χ4n) is 3.67. The second-order valence-corrected chi connectivity index (χ2v) is 7.42. The van der Waals surface area contributed by atoms with Crippen molar-refractivity contribution in [1.82, 2.24) is 4.90 Å². The van der Waals surface area contributed by atoms with Gasteiger partial charge >= 0.3 is 6.09 Å². The molecule has 25 heavy (non-hydrogen) atoms. The number of benzene rings is 2. The van der Waals surface area contributed by atoms with Gasteiger partial charge in [-0.2, -0.15) is 0 Å². The van der Waals surface area contributed by atoms with Crippen LogP contribution in [0.5, 0.6) is 0 Å². The van der Waals surface area contributed by atoms with Gasteiger partial charge in [0.05, 0.1) is 6.04 Å². The minimum absolute atomic E-state index is 0.0474. The number of nitrogens with zero attached hydrogens (tertiary/aromatic N) is 1. The van der Waals surface area contributed by atoms with E-state index in [-0.39, 0.29) is 12.1 Å². The van der Waals surface area contributed by atoms with Gasteiger partial charge in [0.15, 0.2) is 0 Å². The normalized spacial score (nSPS) is 21.7. The van der Waals surface area contributed by atoms with E-state index in [2.05, 4.69) is 54.0 Å². The Kier molecular flexibility index (Phi) is 5.48. The van der Waals surface area contributed by atoms with Gasteiger partial charge < -0.3 is 9.64 Å². The van der Waals surface area contributed by atoms with Crippen LogP contribution in [0.15, 0.2) is 59.1 Å². The molecule has 0 spiro atoms. The molecule has 0 aromatic heterocycles. The SMILES string of the molecule is CC[C@@H](c1ccc(Br)cc1)N1CCC(CC)(c2ccccc2)OC1=O. The van der Waals surface area contributed by atoms with Crippen LogP contribution in [0.2, 0.25) is 0 Å². The van der Waals surface area contributed by atoms with Crippen molar-refractivity contribution in [3.8, 4) is 0 Å². The zero-order chi connectivity index (χ0) is 17.9. The monoisotopic (exact) mass is 401 g/mol. The van der Waals surface area contributed by atoms with Crippen LogP contribution in [-0.4, -0.2) is 17.5 Å². The van der Waals surface area contributed by atoms with E-state index in [1.54, 1.807) is 0 Å². The summed E-state index contributed by atoms with van der Waals surface area (Å²) in [5.41, 5.74) is 1.72. The van der Waals surface area contributed by atoms with E-state index in [0.717, 1.165) is 34.9 Å². The quantitative estimate of drug-likeness (QED) is 0.610. The van der Waals surface area contributed by atoms with Crippen LogP contribution < -0.4 is 0 Å². The van der Waals surface area contributed by atoms with Gasteiger partial charge in [-0.3, -0.25) is 0 Å². The number of carbonyl (C=O) groups is 1. The van der Waals surface area contributed by atoms with Crippen LogP contribution in [0.25, 0.3) is 0 Å². The molecule has 3 rings (SSSR count). The molecular weight excluding hydrogens is 378 g/mol. The van der Waals surface area contributed by atoms with Crippen LogP contribution in [0, 0.1) is 0 Å². The highest BCUT2D eigenvalue weighted by Crippen LogP contribution is 2.40. The molecule has 1 saturated heterocycles. The minimum atomic E-state index is -0.507. The van der Waals surface area contributed by atoms with Crippen LogP contribution in [0.4, 0.5) is 4.79 Å². The Morgan fingerprint density at radius 3 is 2.36 bits per heavy atom. The van der Waals surface area contributed by atoms with E-state index in [9.17, 15) is 4.79 Å². The van der Waals surface area contributed by atoms with Gasteiger partial charge in [0.25, 0.3) is 0 Å². The van der Waals surface area contributed by atoms with Crippen molar-refractivity contribution in [2.45, 2.75) is 44.8 Å². The Hall–Kier alpha value is -1.81. The maximum Gasteiger partial charge on any atom is 0.411 e. The first-order valence-corrected chi connectivity index (χ1v) is 9.69. The molecule has 0 saturated carbocycles. The number of cyclic esters (lactones) is 1. The zero-order valence-electron chi connectivity index (χ0n) is 14.7. The lowest BCUT2D eigenvalue weighted by Gasteiger charge is -2.43. The first-order chi connectivity index (χ1) is 12.1. The number of rotatable bonds is 5. The Morgan fingerprint density at radius 1 is 1.12 bits per heavy atom. The molecule has 0 N–H and O–H groups in total. The highest BCUT2D eigenvalue weighted by Gasteiger charge is 2.42. The van der Waals surface area contributed by atoms with E-state index < -0.39 is 5.60 Å². The molecule has 0 bridgehead atoms. The fraction of sp³-hybridized carbons (Fsp3) is 0.381. The second kappa shape index (κ2) is 7.61. The number of hydrogen-bond acceptors (Lipinski definition) is 2. The van der Waals surface area contributed by atoms with Gasteiger partial charge in [0.2, 0.25) is 0 Å². The summed E-state index contributed by atoms with van der Waals surface area (Å²) in [6, 6.07) is 18.3. The summed E-state index contributed by atoms with van der Waals surface area (Å²) >= 11 is 3.47. The van der Waals surface area contributed by atoms with Crippen molar-refractivity contribution >= 4 is 22.0 Å². The summed E-state index contributed by atoms with van der Waals surface area (Å²) in [7, 11) is 0. The first kappa shape index (κ1) is 18.0. The third-order valence-electron chi connectivity index (χ3n) is 5.16. The average molecular weight is 402 g/mol. The maximum atomic E-state index is 12.9. The summed E-state index contributed by atoms with van der Waals surface area (Å²) in [4.78, 5) is 14.8. The first-order valence-electron chi connectivity index (χ1n) is 8.90. The Labute approximate surface area is 158 Å². The molecule has 1 aliphatic heterocycles. The average Bonchev–Trinajstić information content (AvgIpc) is 2.65. The van der Waals surface area contributed by atoms with Crippen LogP contribution in [0.3, 0.4) is 0 Å². The molecule has 1 fully saturated rings. The molecule has 1 amide bonds. The van der Waals surface area contributed by atoms with Gasteiger partial charge in [-0.15, -0.1) is 0 Å². The van der Waals surface area contributed by atoms with Gasteiger partial charge in [-0.25, -0.2) is 4.79 Å². The predicted molar refractivity (Wildman–Crippen MR) is 103 cm³/mol. The van der Waals surface area contributed by atoms with E-state index >= 15 is 0 Å². The summed E-state index contributed by atoms with van der Waals surface area (Å²) in [5, 5.41) is 0. The third kappa shape index (κ3) is 3.59.